The number of urea groups is 1. The lowest BCUT2D eigenvalue weighted by Gasteiger charge is -2.39. The molecule has 1 aromatic rings. The van der Waals surface area contributed by atoms with Crippen LogP contribution in [0.15, 0.2) is 12.4 Å². The molecule has 1 N–H and O–H groups in total. The van der Waals surface area contributed by atoms with Crippen molar-refractivity contribution >= 4 is 17.6 Å². The molecule has 7 nitrogen and oxygen atoms in total. The minimum absolute atomic E-state index is 0.0512. The highest BCUT2D eigenvalue weighted by Gasteiger charge is 2.34. The summed E-state index contributed by atoms with van der Waals surface area (Å²) in [4.78, 5) is 27.6. The lowest BCUT2D eigenvalue weighted by molar-refractivity contribution is -0.117. The number of carbonyl (C=O) groups excluding carboxylic acids is 2. The van der Waals surface area contributed by atoms with E-state index in [4.69, 9.17) is 0 Å². The van der Waals surface area contributed by atoms with Gasteiger partial charge in [-0.15, -0.1) is 0 Å². The third-order valence-electron chi connectivity index (χ3n) is 5.18. The summed E-state index contributed by atoms with van der Waals surface area (Å²) in [6, 6.07) is 0.630. The van der Waals surface area contributed by atoms with E-state index < -0.39 is 0 Å². The van der Waals surface area contributed by atoms with Crippen LogP contribution in [-0.4, -0.2) is 52.3 Å². The molecular weight excluding hydrogens is 294 g/mol. The van der Waals surface area contributed by atoms with Gasteiger partial charge in [-0.25, -0.2) is 4.79 Å². The smallest absolute Gasteiger partial charge is 0.317 e. The van der Waals surface area contributed by atoms with E-state index in [1.165, 1.54) is 12.8 Å². The van der Waals surface area contributed by atoms with Gasteiger partial charge in [0.2, 0.25) is 5.91 Å². The average Bonchev–Trinajstić information content (AvgIpc) is 3.18. The summed E-state index contributed by atoms with van der Waals surface area (Å²) >= 11 is 0. The summed E-state index contributed by atoms with van der Waals surface area (Å²) in [6.07, 6.45) is 9.89. The molecule has 1 saturated carbocycles. The molecular formula is C16H23N5O2. The summed E-state index contributed by atoms with van der Waals surface area (Å²) in [5.41, 5.74) is 0.876. The Labute approximate surface area is 135 Å². The van der Waals surface area contributed by atoms with Crippen molar-refractivity contribution in [3.63, 3.8) is 0 Å². The molecule has 1 aromatic heterocycles. The average molecular weight is 317 g/mol. The minimum atomic E-state index is 0.0512. The number of likely N-dealkylation sites (tertiary alicyclic amines) is 1. The summed E-state index contributed by atoms with van der Waals surface area (Å²) in [5, 5.41) is 7.49. The normalized spacial score (nSPS) is 22.7. The Morgan fingerprint density at radius 2 is 2.00 bits per heavy atom. The molecule has 0 spiro atoms. The Kier molecular flexibility index (Phi) is 3.71. The van der Waals surface area contributed by atoms with Crippen LogP contribution in [0.5, 0.6) is 0 Å². The van der Waals surface area contributed by atoms with Gasteiger partial charge >= 0.3 is 6.03 Å². The molecule has 3 amide bonds. The first-order chi connectivity index (χ1) is 11.2. The molecule has 23 heavy (non-hydrogen) atoms. The van der Waals surface area contributed by atoms with Crippen LogP contribution in [0.4, 0.5) is 10.5 Å². The molecule has 0 unspecified atom stereocenters. The number of anilines is 1. The standard InChI is InChI=1S/C16H23N5O2/c22-15-6-3-7-20(15)13-8-17-21(11-13)14-9-19(10-14)16(23)18-12-4-1-2-5-12/h8,11-12,14H,1-7,9-10H2,(H,18,23). The van der Waals surface area contributed by atoms with Crippen LogP contribution in [0.2, 0.25) is 0 Å². The van der Waals surface area contributed by atoms with E-state index in [1.54, 1.807) is 11.1 Å². The number of hydrogen-bond donors (Lipinski definition) is 1. The number of carbonyl (C=O) groups is 2. The zero-order chi connectivity index (χ0) is 15.8. The number of rotatable bonds is 3. The molecule has 7 heteroatoms. The predicted molar refractivity (Wildman–Crippen MR) is 85.2 cm³/mol. The zero-order valence-electron chi connectivity index (χ0n) is 13.3. The predicted octanol–water partition coefficient (Wildman–Crippen LogP) is 1.52. The van der Waals surface area contributed by atoms with Crippen LogP contribution in [0.25, 0.3) is 0 Å². The topological polar surface area (TPSA) is 70.5 Å². The van der Waals surface area contributed by atoms with Gasteiger partial charge < -0.3 is 15.1 Å². The summed E-state index contributed by atoms with van der Waals surface area (Å²) in [5.74, 6) is 0.177. The lowest BCUT2D eigenvalue weighted by atomic mass is 10.1. The van der Waals surface area contributed by atoms with Gasteiger partial charge in [-0.05, 0) is 19.3 Å². The van der Waals surface area contributed by atoms with Gasteiger partial charge in [0.15, 0.2) is 0 Å². The third-order valence-corrected chi connectivity index (χ3v) is 5.18. The maximum Gasteiger partial charge on any atom is 0.317 e. The van der Waals surface area contributed by atoms with Crippen molar-refractivity contribution in [1.82, 2.24) is 20.0 Å². The second-order valence-electron chi connectivity index (χ2n) is 6.82. The quantitative estimate of drug-likeness (QED) is 0.919. The van der Waals surface area contributed by atoms with Crippen molar-refractivity contribution in [1.29, 1.82) is 0 Å². The zero-order valence-corrected chi connectivity index (χ0v) is 13.3. The van der Waals surface area contributed by atoms with Crippen molar-refractivity contribution in [2.24, 2.45) is 0 Å². The first-order valence-corrected chi connectivity index (χ1v) is 8.60. The van der Waals surface area contributed by atoms with Gasteiger partial charge in [0.1, 0.15) is 0 Å². The van der Waals surface area contributed by atoms with Crippen molar-refractivity contribution in [3.8, 4) is 0 Å². The Hall–Kier alpha value is -2.05. The fourth-order valence-electron chi connectivity index (χ4n) is 3.71. The van der Waals surface area contributed by atoms with E-state index in [9.17, 15) is 9.59 Å². The monoisotopic (exact) mass is 317 g/mol. The molecule has 0 atom stereocenters. The molecule has 0 bridgehead atoms. The Balaban J connectivity index is 1.30. The summed E-state index contributed by atoms with van der Waals surface area (Å²) < 4.78 is 1.89. The minimum Gasteiger partial charge on any atom is -0.335 e. The number of nitrogens with zero attached hydrogens (tertiary/aromatic N) is 4. The van der Waals surface area contributed by atoms with E-state index in [0.717, 1.165) is 31.5 Å². The number of aromatic nitrogens is 2. The first-order valence-electron chi connectivity index (χ1n) is 8.60. The van der Waals surface area contributed by atoms with Crippen LogP contribution >= 0.6 is 0 Å². The van der Waals surface area contributed by atoms with Crippen molar-refractivity contribution in [2.75, 3.05) is 24.5 Å². The van der Waals surface area contributed by atoms with Crippen LogP contribution in [-0.2, 0) is 4.79 Å². The van der Waals surface area contributed by atoms with E-state index >= 15 is 0 Å². The fraction of sp³-hybridized carbons (Fsp3) is 0.688. The Bertz CT molecular complexity index is 601. The van der Waals surface area contributed by atoms with Gasteiger partial charge in [-0.2, -0.15) is 5.10 Å². The second kappa shape index (κ2) is 5.86. The first kappa shape index (κ1) is 14.5. The number of amides is 3. The number of nitrogens with one attached hydrogen (secondary N) is 1. The third kappa shape index (κ3) is 2.80. The lowest BCUT2D eigenvalue weighted by Crippen LogP contribution is -2.55. The molecule has 3 aliphatic rings. The van der Waals surface area contributed by atoms with Gasteiger partial charge in [0, 0.05) is 38.3 Å². The molecule has 4 rings (SSSR count). The van der Waals surface area contributed by atoms with E-state index in [-0.39, 0.29) is 18.0 Å². The van der Waals surface area contributed by atoms with Crippen molar-refractivity contribution < 1.29 is 9.59 Å². The van der Waals surface area contributed by atoms with Crippen molar-refractivity contribution in [3.05, 3.63) is 12.4 Å². The highest BCUT2D eigenvalue weighted by Crippen LogP contribution is 2.26. The Morgan fingerprint density at radius 1 is 1.22 bits per heavy atom. The maximum absolute atomic E-state index is 12.1. The van der Waals surface area contributed by atoms with Gasteiger partial charge in [0.25, 0.3) is 0 Å². The SMILES string of the molecule is O=C(NC1CCCC1)N1CC(n2cc(N3CCCC3=O)cn2)C1. The highest BCUT2D eigenvalue weighted by atomic mass is 16.2. The molecule has 2 aliphatic heterocycles. The molecule has 2 saturated heterocycles. The largest absolute Gasteiger partial charge is 0.335 e. The van der Waals surface area contributed by atoms with Crippen molar-refractivity contribution in [2.45, 2.75) is 50.6 Å². The molecule has 0 radical (unpaired) electrons. The maximum atomic E-state index is 12.1. The van der Waals surface area contributed by atoms with Crippen LogP contribution in [0, 0.1) is 0 Å². The van der Waals surface area contributed by atoms with Crippen LogP contribution in [0.3, 0.4) is 0 Å². The summed E-state index contributed by atoms with van der Waals surface area (Å²) in [6.45, 7) is 2.16. The van der Waals surface area contributed by atoms with E-state index in [0.29, 0.717) is 25.6 Å². The highest BCUT2D eigenvalue weighted by molar-refractivity contribution is 5.95. The fourth-order valence-corrected chi connectivity index (χ4v) is 3.71. The van der Waals surface area contributed by atoms with Gasteiger partial charge in [-0.1, -0.05) is 12.8 Å². The molecule has 124 valence electrons. The van der Waals surface area contributed by atoms with Crippen LogP contribution < -0.4 is 10.2 Å². The van der Waals surface area contributed by atoms with E-state index in [1.807, 2.05) is 15.8 Å². The van der Waals surface area contributed by atoms with Gasteiger partial charge in [0.05, 0.1) is 17.9 Å². The van der Waals surface area contributed by atoms with E-state index in [2.05, 4.69) is 10.4 Å². The van der Waals surface area contributed by atoms with Crippen LogP contribution in [0.1, 0.15) is 44.6 Å². The molecule has 3 heterocycles. The molecule has 3 fully saturated rings. The summed E-state index contributed by atoms with van der Waals surface area (Å²) in [7, 11) is 0. The molecule has 0 aromatic carbocycles. The number of hydrogen-bond acceptors (Lipinski definition) is 3. The Morgan fingerprint density at radius 3 is 2.70 bits per heavy atom. The second-order valence-corrected chi connectivity index (χ2v) is 6.82. The molecule has 1 aliphatic carbocycles. The van der Waals surface area contributed by atoms with Gasteiger partial charge in [-0.3, -0.25) is 9.48 Å².